The number of epoxide rings is 1. The van der Waals surface area contributed by atoms with Crippen LogP contribution in [-0.4, -0.2) is 54.5 Å². The first-order valence-electron chi connectivity index (χ1n) is 11.1. The number of ether oxygens (including phenoxy) is 4. The lowest BCUT2D eigenvalue weighted by Gasteiger charge is -2.64. The van der Waals surface area contributed by atoms with Crippen LogP contribution in [0.1, 0.15) is 59.8 Å². The number of hydrogen-bond acceptors (Lipinski definition) is 6. The zero-order valence-electron chi connectivity index (χ0n) is 18.0. The van der Waals surface area contributed by atoms with Gasteiger partial charge in [0.2, 0.25) is 0 Å². The summed E-state index contributed by atoms with van der Waals surface area (Å²) in [5.41, 5.74) is 0.404. The van der Waals surface area contributed by atoms with Gasteiger partial charge in [-0.25, -0.2) is 4.79 Å². The van der Waals surface area contributed by atoms with Gasteiger partial charge >= 0.3 is 5.97 Å². The third-order valence-electron chi connectivity index (χ3n) is 8.77. The number of rotatable bonds is 2. The van der Waals surface area contributed by atoms with E-state index in [1.807, 2.05) is 19.9 Å². The van der Waals surface area contributed by atoms with Gasteiger partial charge in [-0.3, -0.25) is 0 Å². The van der Waals surface area contributed by atoms with Gasteiger partial charge in [0.05, 0.1) is 30.5 Å². The van der Waals surface area contributed by atoms with Crippen molar-refractivity contribution in [1.82, 2.24) is 0 Å². The molecule has 0 bridgehead atoms. The van der Waals surface area contributed by atoms with E-state index in [1.165, 1.54) is 0 Å². The Morgan fingerprint density at radius 1 is 1.07 bits per heavy atom. The summed E-state index contributed by atoms with van der Waals surface area (Å²) in [4.78, 5) is 12.0. The lowest BCUT2D eigenvalue weighted by Crippen LogP contribution is -2.64. The van der Waals surface area contributed by atoms with E-state index in [-0.39, 0.29) is 35.1 Å². The smallest absolute Gasteiger partial charge is 0.336 e. The maximum absolute atomic E-state index is 12.0. The highest BCUT2D eigenvalue weighted by molar-refractivity contribution is 5.91. The Bertz CT molecular complexity index is 740. The highest BCUT2D eigenvalue weighted by Gasteiger charge is 2.68. The van der Waals surface area contributed by atoms with Crippen LogP contribution in [0.25, 0.3) is 0 Å². The van der Waals surface area contributed by atoms with Crippen molar-refractivity contribution in [3.8, 4) is 0 Å². The Morgan fingerprint density at radius 3 is 2.48 bits per heavy atom. The molecule has 29 heavy (non-hydrogen) atoms. The van der Waals surface area contributed by atoms with E-state index >= 15 is 0 Å². The summed E-state index contributed by atoms with van der Waals surface area (Å²) >= 11 is 0. The monoisotopic (exact) mass is 406 g/mol. The molecule has 1 spiro atoms. The number of hydrogen-bond donors (Lipinski definition) is 1. The molecule has 3 heterocycles. The molecule has 7 atom stereocenters. The van der Waals surface area contributed by atoms with Crippen LogP contribution in [-0.2, 0) is 23.7 Å². The second-order valence-corrected chi connectivity index (χ2v) is 10.9. The summed E-state index contributed by atoms with van der Waals surface area (Å²) in [5, 5.41) is 10.1. The molecule has 2 aliphatic carbocycles. The number of aliphatic hydroxyl groups is 1. The minimum absolute atomic E-state index is 0.0176. The van der Waals surface area contributed by atoms with Crippen molar-refractivity contribution in [2.45, 2.75) is 83.4 Å². The van der Waals surface area contributed by atoms with E-state index in [0.29, 0.717) is 17.4 Å². The van der Waals surface area contributed by atoms with Gasteiger partial charge in [0, 0.05) is 5.41 Å². The Morgan fingerprint density at radius 2 is 1.83 bits per heavy atom. The fourth-order valence-electron chi connectivity index (χ4n) is 7.11. The lowest BCUT2D eigenvalue weighted by atomic mass is 9.44. The highest BCUT2D eigenvalue weighted by Crippen LogP contribution is 2.67. The van der Waals surface area contributed by atoms with Gasteiger partial charge in [-0.15, -0.1) is 0 Å². The van der Waals surface area contributed by atoms with Gasteiger partial charge in [-0.05, 0) is 63.2 Å². The molecule has 2 saturated carbocycles. The van der Waals surface area contributed by atoms with Gasteiger partial charge < -0.3 is 24.1 Å². The molecule has 0 amide bonds. The summed E-state index contributed by atoms with van der Waals surface area (Å²) in [6.45, 7) is 10.4. The number of esters is 1. The molecule has 0 radical (unpaired) electrons. The van der Waals surface area contributed by atoms with Crippen molar-refractivity contribution >= 4 is 5.97 Å². The summed E-state index contributed by atoms with van der Waals surface area (Å²) in [6, 6.07) is 0. The van der Waals surface area contributed by atoms with Crippen LogP contribution in [0.3, 0.4) is 0 Å². The van der Waals surface area contributed by atoms with Crippen molar-refractivity contribution in [3.05, 3.63) is 11.6 Å². The molecule has 5 fully saturated rings. The largest absolute Gasteiger partial charge is 0.459 e. The lowest BCUT2D eigenvalue weighted by molar-refractivity contribution is -0.347. The van der Waals surface area contributed by atoms with Gasteiger partial charge in [-0.2, -0.15) is 0 Å². The van der Waals surface area contributed by atoms with E-state index in [1.54, 1.807) is 0 Å². The van der Waals surface area contributed by atoms with Crippen molar-refractivity contribution in [3.63, 3.8) is 0 Å². The van der Waals surface area contributed by atoms with Crippen LogP contribution in [0.15, 0.2) is 11.6 Å². The fraction of sp³-hybridized carbons (Fsp3) is 0.870. The van der Waals surface area contributed by atoms with Crippen molar-refractivity contribution < 1.29 is 28.8 Å². The molecule has 5 aliphatic rings. The van der Waals surface area contributed by atoms with Gasteiger partial charge in [0.15, 0.2) is 5.79 Å². The van der Waals surface area contributed by atoms with Gasteiger partial charge in [0.1, 0.15) is 12.7 Å². The molecule has 1 N–H and O–H groups in total. The molecule has 0 aromatic rings. The van der Waals surface area contributed by atoms with E-state index in [2.05, 4.69) is 13.8 Å². The first-order chi connectivity index (χ1) is 13.6. The Balaban J connectivity index is 1.45. The van der Waals surface area contributed by atoms with Crippen LogP contribution in [0.5, 0.6) is 0 Å². The molecule has 0 aromatic heterocycles. The number of carbonyl (C=O) groups is 1. The van der Waals surface area contributed by atoms with Crippen LogP contribution < -0.4 is 0 Å². The fourth-order valence-corrected chi connectivity index (χ4v) is 7.11. The molecule has 3 aliphatic heterocycles. The number of aliphatic hydroxyl groups excluding tert-OH is 1. The summed E-state index contributed by atoms with van der Waals surface area (Å²) < 4.78 is 23.6. The SMILES string of the molecule is CC1(C)OCC2(C)C(CCC3(C)C(C/C=C4/C(=O)OCC4O)C4(CCC23)CO4)O1. The maximum Gasteiger partial charge on any atom is 0.336 e. The van der Waals surface area contributed by atoms with Crippen molar-refractivity contribution in [2.75, 3.05) is 19.8 Å². The quantitative estimate of drug-likeness (QED) is 0.432. The molecular formula is C23H34O6. The molecular weight excluding hydrogens is 372 g/mol. The number of fused-ring (bicyclic) bond motifs is 3. The van der Waals surface area contributed by atoms with Gasteiger partial charge in [-0.1, -0.05) is 19.9 Å². The third-order valence-corrected chi connectivity index (χ3v) is 8.77. The number of carbonyl (C=O) groups excluding carboxylic acids is 1. The highest BCUT2D eigenvalue weighted by atomic mass is 16.7. The molecule has 3 saturated heterocycles. The average molecular weight is 407 g/mol. The van der Waals surface area contributed by atoms with Crippen LogP contribution in [0.2, 0.25) is 0 Å². The second kappa shape index (κ2) is 6.28. The minimum atomic E-state index is -0.804. The second-order valence-electron chi connectivity index (χ2n) is 10.9. The maximum atomic E-state index is 12.0. The predicted octanol–water partition coefficient (Wildman–Crippen LogP) is 2.97. The topological polar surface area (TPSA) is 77.5 Å². The summed E-state index contributed by atoms with van der Waals surface area (Å²) in [5.74, 6) is -0.109. The minimum Gasteiger partial charge on any atom is -0.459 e. The standard InChI is InChI=1S/C23H34O6/c1-20(2)27-12-22(4)16-7-10-23(13-28-23)17(21(16,3)9-8-18(22)29-20)6-5-14-15(24)11-26-19(14)25/h5,15-18,24H,6-13H2,1-4H3/b14-5+. The molecule has 5 rings (SSSR count). The summed E-state index contributed by atoms with van der Waals surface area (Å²) in [6.07, 6.45) is 6.33. The zero-order chi connectivity index (χ0) is 20.7. The molecule has 7 unspecified atom stereocenters. The van der Waals surface area contributed by atoms with Crippen LogP contribution >= 0.6 is 0 Å². The van der Waals surface area contributed by atoms with Crippen molar-refractivity contribution in [1.29, 1.82) is 0 Å². The van der Waals surface area contributed by atoms with E-state index in [9.17, 15) is 9.90 Å². The Hall–Kier alpha value is -0.950. The average Bonchev–Trinajstić information content (AvgIpc) is 3.35. The van der Waals surface area contributed by atoms with Crippen molar-refractivity contribution in [2.24, 2.45) is 22.7 Å². The molecule has 6 nitrogen and oxygen atoms in total. The van der Waals surface area contributed by atoms with Crippen LogP contribution in [0, 0.1) is 22.7 Å². The Kier molecular flexibility index (Phi) is 4.33. The Labute approximate surface area is 172 Å². The van der Waals surface area contributed by atoms with Crippen LogP contribution in [0.4, 0.5) is 0 Å². The van der Waals surface area contributed by atoms with Gasteiger partial charge in [0.25, 0.3) is 0 Å². The normalized spacial score (nSPS) is 52.2. The third kappa shape index (κ3) is 2.93. The van der Waals surface area contributed by atoms with E-state index < -0.39 is 11.9 Å². The molecule has 162 valence electrons. The predicted molar refractivity (Wildman–Crippen MR) is 105 cm³/mol. The number of cyclic esters (lactones) is 1. The zero-order valence-corrected chi connectivity index (χ0v) is 18.0. The first-order valence-corrected chi connectivity index (χ1v) is 11.1. The molecule has 0 aromatic carbocycles. The summed E-state index contributed by atoms with van der Waals surface area (Å²) in [7, 11) is 0. The molecule has 6 heteroatoms. The van der Waals surface area contributed by atoms with E-state index in [0.717, 1.165) is 45.3 Å². The number of allylic oxidation sites excluding steroid dienone is 1. The van der Waals surface area contributed by atoms with E-state index in [4.69, 9.17) is 18.9 Å². The first kappa shape index (κ1) is 20.0.